The summed E-state index contributed by atoms with van der Waals surface area (Å²) in [5, 5.41) is 12.8. The van der Waals surface area contributed by atoms with E-state index in [9.17, 15) is 9.90 Å². The van der Waals surface area contributed by atoms with Crippen molar-refractivity contribution in [3.05, 3.63) is 71.8 Å². The van der Waals surface area contributed by atoms with Gasteiger partial charge in [-0.2, -0.15) is 0 Å². The summed E-state index contributed by atoms with van der Waals surface area (Å²) in [5.74, 6) is 1.38. The van der Waals surface area contributed by atoms with Gasteiger partial charge in [0.25, 0.3) is 0 Å². The van der Waals surface area contributed by atoms with Crippen LogP contribution in [0.4, 0.5) is 0 Å². The fourth-order valence-electron chi connectivity index (χ4n) is 9.09. The van der Waals surface area contributed by atoms with Crippen LogP contribution in [0.1, 0.15) is 82.4 Å². The molecule has 0 aromatic heterocycles. The number of rotatable bonds is 13. The van der Waals surface area contributed by atoms with Gasteiger partial charge in [0.1, 0.15) is 6.10 Å². The van der Waals surface area contributed by atoms with Crippen LogP contribution in [0, 0.1) is 5.92 Å². The van der Waals surface area contributed by atoms with E-state index in [1.165, 1.54) is 37.3 Å². The van der Waals surface area contributed by atoms with E-state index in [1.807, 2.05) is 12.1 Å². The molecule has 2 aliphatic heterocycles. The van der Waals surface area contributed by atoms with Crippen molar-refractivity contribution in [2.24, 2.45) is 5.92 Å². The van der Waals surface area contributed by atoms with Gasteiger partial charge in [0.15, 0.2) is 11.5 Å². The Morgan fingerprint density at radius 3 is 2.70 bits per heavy atom. The lowest BCUT2D eigenvalue weighted by Gasteiger charge is -2.65. The van der Waals surface area contributed by atoms with Crippen LogP contribution in [-0.2, 0) is 23.1 Å². The summed E-state index contributed by atoms with van der Waals surface area (Å²) < 4.78 is 12.7. The van der Waals surface area contributed by atoms with E-state index in [0.717, 1.165) is 70.3 Å². The molecule has 0 amide bonds. The Hall–Kier alpha value is -2.67. The summed E-state index contributed by atoms with van der Waals surface area (Å²) in [6.07, 6.45) is 11.0. The molecule has 232 valence electrons. The zero-order valence-electron chi connectivity index (χ0n) is 26.4. The number of unbranched alkanes of at least 4 members (excludes halogenated alkanes) is 3. The van der Waals surface area contributed by atoms with Crippen molar-refractivity contribution in [1.82, 2.24) is 9.80 Å². The number of likely N-dealkylation sites (tertiary alicyclic amines) is 1. The van der Waals surface area contributed by atoms with Gasteiger partial charge in [-0.15, -0.1) is 6.58 Å². The van der Waals surface area contributed by atoms with Crippen molar-refractivity contribution in [3.8, 4) is 11.5 Å². The minimum absolute atomic E-state index is 0.0208. The highest BCUT2D eigenvalue weighted by molar-refractivity contribution is 5.72. The largest absolute Gasteiger partial charge is 0.483 e. The number of carbonyl (C=O) groups is 1. The molecule has 6 nitrogen and oxygen atoms in total. The van der Waals surface area contributed by atoms with E-state index in [4.69, 9.17) is 9.47 Å². The maximum atomic E-state index is 12.8. The molecule has 2 bridgehead atoms. The first-order chi connectivity index (χ1) is 20.8. The number of esters is 1. The number of carbonyl (C=O) groups excluding carboxylic acids is 1. The summed E-state index contributed by atoms with van der Waals surface area (Å²) in [4.78, 5) is 17.2. The van der Waals surface area contributed by atoms with E-state index < -0.39 is 11.0 Å². The third-order valence-corrected chi connectivity index (χ3v) is 10.7. The second kappa shape index (κ2) is 12.4. The standard InChI is InChI=1S/C37H50N2O4/c1-5-21-38-23-20-36-33-29-16-17-31(42-27(4)40)34(33)43-35(36)30(18-19-37(36,41)32(38)24-29)39(25-26(2)3)22-12-7-6-9-13-28-14-10-8-11-15-28/h5,8,10-11,14-17,26,30,32,35,41H,1,6-7,9,12-13,18-25H2,2-4H3/t30-,32+,35-,36-,37+/m0/s1. The summed E-state index contributed by atoms with van der Waals surface area (Å²) in [5.41, 5.74) is 2.36. The Morgan fingerprint density at radius 1 is 1.16 bits per heavy atom. The van der Waals surface area contributed by atoms with Crippen LogP contribution >= 0.6 is 0 Å². The molecule has 0 unspecified atom stereocenters. The van der Waals surface area contributed by atoms with E-state index in [1.54, 1.807) is 0 Å². The molecule has 1 N–H and O–H groups in total. The van der Waals surface area contributed by atoms with Gasteiger partial charge in [-0.25, -0.2) is 0 Å². The van der Waals surface area contributed by atoms with E-state index in [2.05, 4.69) is 66.6 Å². The lowest BCUT2D eigenvalue weighted by Crippen LogP contribution is -2.78. The fraction of sp³-hybridized carbons (Fsp3) is 0.595. The molecule has 0 radical (unpaired) electrons. The highest BCUT2D eigenvalue weighted by Crippen LogP contribution is 2.66. The first-order valence-electron chi connectivity index (χ1n) is 16.6. The number of ether oxygens (including phenoxy) is 2. The molecular weight excluding hydrogens is 536 g/mol. The smallest absolute Gasteiger partial charge is 0.308 e. The zero-order valence-corrected chi connectivity index (χ0v) is 26.4. The van der Waals surface area contributed by atoms with Gasteiger partial charge in [0, 0.05) is 37.7 Å². The number of hydrogen-bond acceptors (Lipinski definition) is 6. The second-order valence-corrected chi connectivity index (χ2v) is 13.9. The van der Waals surface area contributed by atoms with E-state index in [0.29, 0.717) is 17.4 Å². The molecular formula is C37H50N2O4. The van der Waals surface area contributed by atoms with Crippen molar-refractivity contribution in [2.45, 2.75) is 108 Å². The lowest BCUT2D eigenvalue weighted by atomic mass is 9.48. The molecule has 1 saturated carbocycles. The highest BCUT2D eigenvalue weighted by atomic mass is 16.6. The van der Waals surface area contributed by atoms with Crippen molar-refractivity contribution in [2.75, 3.05) is 26.2 Å². The molecule has 1 spiro atoms. The monoisotopic (exact) mass is 586 g/mol. The van der Waals surface area contributed by atoms with Crippen LogP contribution in [0.2, 0.25) is 0 Å². The number of aliphatic hydroxyl groups is 1. The molecule has 2 aromatic carbocycles. The number of piperidine rings is 1. The summed E-state index contributed by atoms with van der Waals surface area (Å²) in [7, 11) is 0. The zero-order chi connectivity index (χ0) is 30.2. The summed E-state index contributed by atoms with van der Waals surface area (Å²) >= 11 is 0. The number of hydrogen-bond donors (Lipinski definition) is 1. The molecule has 4 aliphatic rings. The van der Waals surface area contributed by atoms with Gasteiger partial charge < -0.3 is 14.6 Å². The molecule has 6 heteroatoms. The molecule has 1 saturated heterocycles. The van der Waals surface area contributed by atoms with Crippen LogP contribution in [0.15, 0.2) is 55.1 Å². The highest BCUT2D eigenvalue weighted by Gasteiger charge is 2.73. The topological polar surface area (TPSA) is 62.2 Å². The van der Waals surface area contributed by atoms with E-state index in [-0.39, 0.29) is 24.2 Å². The molecule has 5 atom stereocenters. The molecule has 6 rings (SSSR count). The number of nitrogens with zero attached hydrogens (tertiary/aromatic N) is 2. The third kappa shape index (κ3) is 5.34. The van der Waals surface area contributed by atoms with Crippen molar-refractivity contribution >= 4 is 5.97 Å². The van der Waals surface area contributed by atoms with Gasteiger partial charge >= 0.3 is 5.97 Å². The van der Waals surface area contributed by atoms with Crippen LogP contribution in [-0.4, -0.2) is 70.8 Å². The van der Waals surface area contributed by atoms with E-state index >= 15 is 0 Å². The van der Waals surface area contributed by atoms with Crippen LogP contribution in [0.25, 0.3) is 0 Å². The average Bonchev–Trinajstić information content (AvgIpc) is 3.33. The van der Waals surface area contributed by atoms with Crippen LogP contribution in [0.3, 0.4) is 0 Å². The minimum Gasteiger partial charge on any atom is -0.483 e. The Balaban J connectivity index is 1.27. The predicted molar refractivity (Wildman–Crippen MR) is 171 cm³/mol. The van der Waals surface area contributed by atoms with Crippen LogP contribution in [0.5, 0.6) is 11.5 Å². The first kappa shape index (κ1) is 30.4. The maximum absolute atomic E-state index is 12.8. The van der Waals surface area contributed by atoms with Crippen LogP contribution < -0.4 is 9.47 Å². The Labute approximate surface area is 258 Å². The normalized spacial score (nSPS) is 28.9. The molecule has 2 heterocycles. The van der Waals surface area contributed by atoms with Gasteiger partial charge in [-0.1, -0.05) is 69.2 Å². The van der Waals surface area contributed by atoms with Crippen molar-refractivity contribution in [3.63, 3.8) is 0 Å². The van der Waals surface area contributed by atoms with Gasteiger partial charge in [-0.3, -0.25) is 14.6 Å². The van der Waals surface area contributed by atoms with Gasteiger partial charge in [0.05, 0.1) is 11.0 Å². The Kier molecular flexibility index (Phi) is 8.74. The molecule has 2 aliphatic carbocycles. The fourth-order valence-corrected chi connectivity index (χ4v) is 9.09. The second-order valence-electron chi connectivity index (χ2n) is 13.9. The number of benzene rings is 2. The predicted octanol–water partition coefficient (Wildman–Crippen LogP) is 6.08. The summed E-state index contributed by atoms with van der Waals surface area (Å²) in [6.45, 7) is 13.8. The average molecular weight is 587 g/mol. The maximum Gasteiger partial charge on any atom is 0.308 e. The van der Waals surface area contributed by atoms with Crippen molar-refractivity contribution < 1.29 is 19.4 Å². The Bertz CT molecular complexity index is 1310. The first-order valence-corrected chi connectivity index (χ1v) is 16.6. The van der Waals surface area contributed by atoms with Gasteiger partial charge in [0.2, 0.25) is 0 Å². The summed E-state index contributed by atoms with van der Waals surface area (Å²) in [6, 6.07) is 15.0. The SMILES string of the molecule is C=CCN1CC[C@]23c4c5ccc(OC(C)=O)c4O[C@H]2[C@@H](N(CCCCCCc2ccccc2)CC(C)C)CC[C@@]3(O)[C@H]1C5. The Morgan fingerprint density at radius 2 is 1.95 bits per heavy atom. The van der Waals surface area contributed by atoms with Crippen molar-refractivity contribution in [1.29, 1.82) is 0 Å². The van der Waals surface area contributed by atoms with Gasteiger partial charge in [-0.05, 0) is 81.1 Å². The lowest BCUT2D eigenvalue weighted by molar-refractivity contribution is -0.199. The molecule has 2 aromatic rings. The number of aryl methyl sites for hydroxylation is 1. The molecule has 2 fully saturated rings. The molecule has 43 heavy (non-hydrogen) atoms. The third-order valence-electron chi connectivity index (χ3n) is 10.7. The minimum atomic E-state index is -0.899. The quantitative estimate of drug-likeness (QED) is 0.133.